The van der Waals surface area contributed by atoms with Gasteiger partial charge in [0, 0.05) is 12.6 Å². The van der Waals surface area contributed by atoms with E-state index in [0.29, 0.717) is 18.3 Å². The van der Waals surface area contributed by atoms with Crippen molar-refractivity contribution in [2.45, 2.75) is 32.4 Å². The van der Waals surface area contributed by atoms with E-state index in [2.05, 4.69) is 27.3 Å². The number of likely N-dealkylation sites (tertiary alicyclic amines) is 1. The molecule has 3 rings (SSSR count). The molecule has 1 aliphatic rings. The molecule has 1 saturated heterocycles. The Hall–Kier alpha value is -2.94. The second kappa shape index (κ2) is 8.63. The lowest BCUT2D eigenvalue weighted by molar-refractivity contribution is 0.0896. The molecule has 9 heteroatoms. The Bertz CT molecular complexity index is 807. The molecule has 0 saturated carbocycles. The van der Waals surface area contributed by atoms with E-state index in [4.69, 9.17) is 15.0 Å². The largest absolute Gasteiger partial charge is 0.485 e. The van der Waals surface area contributed by atoms with Gasteiger partial charge in [-0.05, 0) is 38.1 Å². The highest BCUT2D eigenvalue weighted by Gasteiger charge is 2.24. The summed E-state index contributed by atoms with van der Waals surface area (Å²) < 4.78 is 10.5. The molecule has 0 bridgehead atoms. The minimum Gasteiger partial charge on any atom is -0.485 e. The summed E-state index contributed by atoms with van der Waals surface area (Å²) in [6.07, 6.45) is 2.21. The Morgan fingerprint density at radius 3 is 3.00 bits per heavy atom. The summed E-state index contributed by atoms with van der Waals surface area (Å²) in [6.45, 7) is 4.64. The van der Waals surface area contributed by atoms with Crippen LogP contribution in [0.4, 0.5) is 0 Å². The maximum absolute atomic E-state index is 12.2. The SMILES string of the molecule is CCN1CCC[C@H]1CNC(=O)c1nc(COc2ccccc2C(N)=O)no1. The molecule has 1 atom stereocenters. The van der Waals surface area contributed by atoms with Crippen molar-refractivity contribution in [3.8, 4) is 5.75 Å². The molecule has 9 nitrogen and oxygen atoms in total. The highest BCUT2D eigenvalue weighted by molar-refractivity contribution is 5.95. The molecule has 0 radical (unpaired) electrons. The molecule has 2 amide bonds. The zero-order valence-electron chi connectivity index (χ0n) is 15.2. The summed E-state index contributed by atoms with van der Waals surface area (Å²) in [5.41, 5.74) is 5.57. The van der Waals surface area contributed by atoms with Gasteiger partial charge in [-0.2, -0.15) is 4.98 Å². The number of carbonyl (C=O) groups excluding carboxylic acids is 2. The number of carbonyl (C=O) groups is 2. The molecule has 0 aliphatic carbocycles. The summed E-state index contributed by atoms with van der Waals surface area (Å²) in [6, 6.07) is 6.94. The number of likely N-dealkylation sites (N-methyl/N-ethyl adjacent to an activating group) is 1. The molecule has 1 aliphatic heterocycles. The number of nitrogens with two attached hydrogens (primary N) is 1. The lowest BCUT2D eigenvalue weighted by atomic mass is 10.2. The quantitative estimate of drug-likeness (QED) is 0.706. The van der Waals surface area contributed by atoms with Crippen LogP contribution in [0.15, 0.2) is 28.8 Å². The van der Waals surface area contributed by atoms with Crippen molar-refractivity contribution >= 4 is 11.8 Å². The first-order valence-corrected chi connectivity index (χ1v) is 8.95. The number of rotatable bonds is 8. The number of hydrogen-bond acceptors (Lipinski definition) is 7. The Kier molecular flexibility index (Phi) is 6.02. The first-order chi connectivity index (χ1) is 13.1. The first kappa shape index (κ1) is 18.8. The number of para-hydroxylation sites is 1. The number of amides is 2. The van der Waals surface area contributed by atoms with Gasteiger partial charge >= 0.3 is 11.8 Å². The second-order valence-corrected chi connectivity index (χ2v) is 6.30. The van der Waals surface area contributed by atoms with Crippen LogP contribution in [-0.4, -0.2) is 52.5 Å². The standard InChI is InChI=1S/C18H23N5O4/c1-2-23-9-5-6-12(23)10-20-17(25)18-21-15(22-27-18)11-26-14-8-4-3-7-13(14)16(19)24/h3-4,7-8,12H,2,5-6,9-11H2,1H3,(H2,19,24)(H,20,25)/t12-/m0/s1. The van der Waals surface area contributed by atoms with Crippen molar-refractivity contribution < 1.29 is 18.8 Å². The van der Waals surface area contributed by atoms with Crippen molar-refractivity contribution in [2.75, 3.05) is 19.6 Å². The second-order valence-electron chi connectivity index (χ2n) is 6.30. The van der Waals surface area contributed by atoms with Crippen LogP contribution in [0.25, 0.3) is 0 Å². The van der Waals surface area contributed by atoms with Gasteiger partial charge in [-0.3, -0.25) is 14.5 Å². The lowest BCUT2D eigenvalue weighted by Gasteiger charge is -2.22. The van der Waals surface area contributed by atoms with Crippen molar-refractivity contribution in [1.82, 2.24) is 20.4 Å². The Labute approximate surface area is 156 Å². The highest BCUT2D eigenvalue weighted by Crippen LogP contribution is 2.18. The van der Waals surface area contributed by atoms with E-state index >= 15 is 0 Å². The van der Waals surface area contributed by atoms with Gasteiger partial charge in [0.25, 0.3) is 5.91 Å². The third-order valence-electron chi connectivity index (χ3n) is 4.58. The lowest BCUT2D eigenvalue weighted by Crippen LogP contribution is -2.40. The third kappa shape index (κ3) is 4.62. The van der Waals surface area contributed by atoms with E-state index in [-0.39, 0.29) is 23.9 Å². The van der Waals surface area contributed by atoms with Gasteiger partial charge in [0.1, 0.15) is 5.75 Å². The summed E-state index contributed by atoms with van der Waals surface area (Å²) in [5, 5.41) is 6.58. The predicted molar refractivity (Wildman–Crippen MR) is 96.2 cm³/mol. The molecule has 0 unspecified atom stereocenters. The summed E-state index contributed by atoms with van der Waals surface area (Å²) >= 11 is 0. The molecule has 27 heavy (non-hydrogen) atoms. The van der Waals surface area contributed by atoms with Crippen LogP contribution in [0, 0.1) is 0 Å². The molecule has 1 aromatic heterocycles. The fraction of sp³-hybridized carbons (Fsp3) is 0.444. The van der Waals surface area contributed by atoms with E-state index < -0.39 is 11.8 Å². The number of ether oxygens (including phenoxy) is 1. The van der Waals surface area contributed by atoms with Crippen LogP contribution < -0.4 is 15.8 Å². The number of nitrogens with one attached hydrogen (secondary N) is 1. The van der Waals surface area contributed by atoms with Crippen molar-refractivity contribution in [3.63, 3.8) is 0 Å². The van der Waals surface area contributed by atoms with Gasteiger partial charge in [-0.1, -0.05) is 24.2 Å². The maximum atomic E-state index is 12.2. The van der Waals surface area contributed by atoms with Gasteiger partial charge < -0.3 is 20.3 Å². The summed E-state index contributed by atoms with van der Waals surface area (Å²) in [4.78, 5) is 30.0. The molecule has 144 valence electrons. The number of primary amides is 1. The summed E-state index contributed by atoms with van der Waals surface area (Å²) in [7, 11) is 0. The predicted octanol–water partition coefficient (Wildman–Crippen LogP) is 0.962. The van der Waals surface area contributed by atoms with Gasteiger partial charge in [0.05, 0.1) is 5.56 Å². The molecule has 1 fully saturated rings. The van der Waals surface area contributed by atoms with Crippen LogP contribution in [0.2, 0.25) is 0 Å². The fourth-order valence-electron chi connectivity index (χ4n) is 3.17. The molecule has 3 N–H and O–H groups in total. The normalized spacial score (nSPS) is 17.0. The van der Waals surface area contributed by atoms with Crippen LogP contribution >= 0.6 is 0 Å². The van der Waals surface area contributed by atoms with Gasteiger partial charge in [-0.25, -0.2) is 0 Å². The number of benzene rings is 1. The minimum atomic E-state index is -0.591. The highest BCUT2D eigenvalue weighted by atomic mass is 16.5. The van der Waals surface area contributed by atoms with E-state index in [9.17, 15) is 9.59 Å². The molecular formula is C18H23N5O4. The van der Waals surface area contributed by atoms with Crippen molar-refractivity contribution in [3.05, 3.63) is 41.5 Å². The molecule has 2 heterocycles. The maximum Gasteiger partial charge on any atom is 0.316 e. The topological polar surface area (TPSA) is 124 Å². The third-order valence-corrected chi connectivity index (χ3v) is 4.58. The average Bonchev–Trinajstić information content (AvgIpc) is 3.33. The minimum absolute atomic E-state index is 0.0483. The van der Waals surface area contributed by atoms with Crippen molar-refractivity contribution in [2.24, 2.45) is 5.73 Å². The van der Waals surface area contributed by atoms with E-state index in [1.165, 1.54) is 0 Å². The van der Waals surface area contributed by atoms with Crippen LogP contribution in [0.5, 0.6) is 5.75 Å². The van der Waals surface area contributed by atoms with Crippen LogP contribution in [-0.2, 0) is 6.61 Å². The molecule has 2 aromatic rings. The number of nitrogens with zero attached hydrogens (tertiary/aromatic N) is 3. The Balaban J connectivity index is 1.54. The number of aromatic nitrogens is 2. The first-order valence-electron chi connectivity index (χ1n) is 8.95. The average molecular weight is 373 g/mol. The monoisotopic (exact) mass is 373 g/mol. The Morgan fingerprint density at radius 1 is 1.41 bits per heavy atom. The van der Waals surface area contributed by atoms with Crippen molar-refractivity contribution in [1.29, 1.82) is 0 Å². The van der Waals surface area contributed by atoms with Gasteiger partial charge in [-0.15, -0.1) is 0 Å². The van der Waals surface area contributed by atoms with E-state index in [1.807, 2.05) is 0 Å². The molecular weight excluding hydrogens is 350 g/mol. The Morgan fingerprint density at radius 2 is 2.22 bits per heavy atom. The van der Waals surface area contributed by atoms with Gasteiger partial charge in [0.2, 0.25) is 5.82 Å². The zero-order chi connectivity index (χ0) is 19.2. The van der Waals surface area contributed by atoms with E-state index in [0.717, 1.165) is 25.9 Å². The smallest absolute Gasteiger partial charge is 0.316 e. The van der Waals surface area contributed by atoms with Crippen LogP contribution in [0.3, 0.4) is 0 Å². The molecule has 1 aromatic carbocycles. The fourth-order valence-corrected chi connectivity index (χ4v) is 3.17. The van der Waals surface area contributed by atoms with E-state index in [1.54, 1.807) is 24.3 Å². The summed E-state index contributed by atoms with van der Waals surface area (Å²) in [5.74, 6) is -0.587. The zero-order valence-corrected chi connectivity index (χ0v) is 15.2. The van der Waals surface area contributed by atoms with Gasteiger partial charge in [0.15, 0.2) is 6.61 Å². The molecule has 0 spiro atoms. The van der Waals surface area contributed by atoms with Crippen LogP contribution in [0.1, 0.15) is 46.6 Å². The number of hydrogen-bond donors (Lipinski definition) is 2.